The Labute approximate surface area is 56.0 Å². The zero-order chi connectivity index (χ0) is 6.62. The van der Waals surface area contributed by atoms with Gasteiger partial charge in [0.2, 0.25) is 0 Å². The van der Waals surface area contributed by atoms with Crippen molar-refractivity contribution in [3.8, 4) is 0 Å². The molecule has 0 atom stereocenters. The Morgan fingerprint density at radius 1 is 1.38 bits per heavy atom. The molecule has 0 N–H and O–H groups in total. The van der Waals surface area contributed by atoms with Crippen molar-refractivity contribution in [3.63, 3.8) is 0 Å². The summed E-state index contributed by atoms with van der Waals surface area (Å²) in [5, 5.41) is 0. The van der Waals surface area contributed by atoms with Crippen LogP contribution in [0.25, 0.3) is 0 Å². The molecule has 0 aromatic rings. The van der Waals surface area contributed by atoms with E-state index in [1.165, 1.54) is 6.04 Å². The van der Waals surface area contributed by atoms with Crippen LogP contribution in [0.15, 0.2) is 0 Å². The smallest absolute Gasteiger partial charge is 0.174 e. The fourth-order valence-corrected chi connectivity index (χ4v) is 1.57. The fourth-order valence-electron chi connectivity index (χ4n) is 0.378. The highest BCUT2D eigenvalue weighted by molar-refractivity contribution is 6.76. The Kier molecular flexibility index (Phi) is 3.59. The highest BCUT2D eigenvalue weighted by Gasteiger charge is 2.10. The van der Waals surface area contributed by atoms with Gasteiger partial charge in [0.1, 0.15) is 0 Å². The molecule has 0 heterocycles. The molecule has 0 aliphatic heterocycles. The molecule has 49 valence electrons. The second-order valence-corrected chi connectivity index (χ2v) is 9.25. The van der Waals surface area contributed by atoms with E-state index in [4.69, 9.17) is 4.43 Å². The van der Waals surface area contributed by atoms with Gasteiger partial charge in [-0.3, -0.25) is 0 Å². The van der Waals surface area contributed by atoms with E-state index >= 15 is 0 Å². The van der Waals surface area contributed by atoms with Crippen LogP contribution in [0.5, 0.6) is 0 Å². The quantitative estimate of drug-likeness (QED) is 0.539. The second-order valence-electron chi connectivity index (χ2n) is 3.22. The lowest BCUT2D eigenvalue weighted by molar-refractivity contribution is 0.373. The molecule has 0 aliphatic carbocycles. The summed E-state index contributed by atoms with van der Waals surface area (Å²) in [6, 6.07) is 1.29. The average molecular weight is 147 g/mol. The van der Waals surface area contributed by atoms with E-state index < -0.39 is 8.07 Å². The minimum atomic E-state index is -0.799. The normalized spacial score (nSPS) is 12.0. The Hall–Kier alpha value is 0.394. The fraction of sp³-hybridized carbons (Fsp3) is 1.00. The van der Waals surface area contributed by atoms with Crippen LogP contribution in [0.3, 0.4) is 0 Å². The molecule has 0 unspecified atom stereocenters. The lowest BCUT2D eigenvalue weighted by atomic mass is 10.9. The van der Waals surface area contributed by atoms with Crippen molar-refractivity contribution in [1.82, 2.24) is 0 Å². The summed E-state index contributed by atoms with van der Waals surface area (Å²) in [7, 11) is 0.793. The largest absolute Gasteiger partial charge is 0.425 e. The van der Waals surface area contributed by atoms with Crippen LogP contribution >= 0.6 is 0 Å². The van der Waals surface area contributed by atoms with Gasteiger partial charge in [-0.25, -0.2) is 0 Å². The zero-order valence-corrected chi connectivity index (χ0v) is 8.44. The third-order valence-electron chi connectivity index (χ3n) is 0.996. The lowest BCUT2D eigenvalue weighted by Crippen LogP contribution is -2.21. The maximum Gasteiger partial charge on any atom is 0.174 e. The van der Waals surface area contributed by atoms with Gasteiger partial charge in [0, 0.05) is 14.7 Å². The summed E-state index contributed by atoms with van der Waals surface area (Å²) in [5.41, 5.74) is 0. The maximum absolute atomic E-state index is 4.98. The van der Waals surface area contributed by atoms with E-state index in [2.05, 4.69) is 19.6 Å². The highest BCUT2D eigenvalue weighted by Crippen LogP contribution is 2.06. The molecule has 1 radical (unpaired) electrons. The molecule has 0 spiro atoms. The molecule has 0 amide bonds. The summed E-state index contributed by atoms with van der Waals surface area (Å²) >= 11 is 0. The topological polar surface area (TPSA) is 9.23 Å². The first-order valence-corrected chi connectivity index (χ1v) is 7.22. The average Bonchev–Trinajstić information content (AvgIpc) is 1.59. The first-order valence-electron chi connectivity index (χ1n) is 2.93. The van der Waals surface area contributed by atoms with Crippen LogP contribution in [0.1, 0.15) is 0 Å². The van der Waals surface area contributed by atoms with Gasteiger partial charge in [-0.05, 0) is 6.04 Å². The summed E-state index contributed by atoms with van der Waals surface area (Å²) in [5.74, 6) is 0. The molecule has 0 fully saturated rings. The van der Waals surface area contributed by atoms with E-state index in [1.807, 2.05) is 0 Å². The monoisotopic (exact) mass is 147 g/mol. The van der Waals surface area contributed by atoms with Gasteiger partial charge in [-0.2, -0.15) is 0 Å². The number of hydrogen-bond donors (Lipinski definition) is 0. The first-order chi connectivity index (χ1) is 3.56. The van der Waals surface area contributed by atoms with E-state index in [1.54, 1.807) is 10.5 Å². The molecule has 0 saturated heterocycles. The summed E-state index contributed by atoms with van der Waals surface area (Å²) in [4.78, 5) is 0. The van der Waals surface area contributed by atoms with E-state index in [0.29, 0.717) is 0 Å². The number of rotatable bonds is 3. The summed E-state index contributed by atoms with van der Waals surface area (Å²) in [6.45, 7) is 8.02. The molecule has 0 rings (SSSR count). The minimum Gasteiger partial charge on any atom is -0.425 e. The first kappa shape index (κ1) is 8.39. The molecule has 0 aromatic heterocycles. The number of hydrogen-bond acceptors (Lipinski definition) is 1. The van der Waals surface area contributed by atoms with Gasteiger partial charge in [0.05, 0.1) is 0 Å². The van der Waals surface area contributed by atoms with Gasteiger partial charge in [-0.15, -0.1) is 0 Å². The Morgan fingerprint density at radius 3 is 2.00 bits per heavy atom. The highest BCUT2D eigenvalue weighted by atomic mass is 28.3. The molecule has 0 bridgehead atoms. The molecule has 0 aliphatic rings. The molecular weight excluding hydrogens is 132 g/mol. The second kappa shape index (κ2) is 3.43. The third kappa shape index (κ3) is 6.39. The van der Waals surface area contributed by atoms with Crippen molar-refractivity contribution in [2.45, 2.75) is 25.7 Å². The Balaban J connectivity index is 3.11. The molecular formula is C5H15OSi2. The van der Waals surface area contributed by atoms with Crippen molar-refractivity contribution in [2.24, 2.45) is 0 Å². The van der Waals surface area contributed by atoms with Crippen LogP contribution in [0, 0.1) is 0 Å². The predicted molar refractivity (Wildman–Crippen MR) is 42.6 cm³/mol. The predicted octanol–water partition coefficient (Wildman–Crippen LogP) is 0.889. The van der Waals surface area contributed by atoms with Crippen LogP contribution in [0.4, 0.5) is 0 Å². The summed E-state index contributed by atoms with van der Waals surface area (Å²) < 4.78 is 4.98. The van der Waals surface area contributed by atoms with Crippen molar-refractivity contribution in [3.05, 3.63) is 0 Å². The molecule has 0 saturated carbocycles. The van der Waals surface area contributed by atoms with E-state index in [0.717, 1.165) is 6.61 Å². The molecule has 3 heteroatoms. The molecule has 1 nitrogen and oxygen atoms in total. The minimum absolute atomic E-state index is 0.799. The van der Waals surface area contributed by atoms with Gasteiger partial charge in [0.15, 0.2) is 10.5 Å². The van der Waals surface area contributed by atoms with Crippen LogP contribution in [-0.2, 0) is 4.43 Å². The molecule has 8 heavy (non-hydrogen) atoms. The SMILES string of the molecule is C[Si](C)(C)CCO[SiH2]. The van der Waals surface area contributed by atoms with Gasteiger partial charge >= 0.3 is 0 Å². The lowest BCUT2D eigenvalue weighted by Gasteiger charge is -2.13. The van der Waals surface area contributed by atoms with Crippen molar-refractivity contribution >= 4 is 18.6 Å². The van der Waals surface area contributed by atoms with Crippen LogP contribution < -0.4 is 0 Å². The molecule has 0 aromatic carbocycles. The Morgan fingerprint density at radius 2 is 1.88 bits per heavy atom. The van der Waals surface area contributed by atoms with Crippen molar-refractivity contribution < 1.29 is 4.43 Å². The van der Waals surface area contributed by atoms with Crippen molar-refractivity contribution in [1.29, 1.82) is 0 Å². The maximum atomic E-state index is 4.98. The van der Waals surface area contributed by atoms with Gasteiger partial charge < -0.3 is 4.43 Å². The standard InChI is InChI=1S/C5H15OSi2/c1-8(2,3)5-4-6-7/h4-5,7H2,1-3H3. The Bertz CT molecular complexity index is 57.9. The summed E-state index contributed by atoms with van der Waals surface area (Å²) in [6.07, 6.45) is 0. The van der Waals surface area contributed by atoms with Crippen LogP contribution in [-0.4, -0.2) is 25.2 Å². The van der Waals surface area contributed by atoms with Gasteiger partial charge in [-0.1, -0.05) is 19.6 Å². The van der Waals surface area contributed by atoms with Crippen molar-refractivity contribution in [2.75, 3.05) is 6.61 Å². The van der Waals surface area contributed by atoms with Gasteiger partial charge in [0.25, 0.3) is 0 Å². The third-order valence-corrected chi connectivity index (χ3v) is 2.99. The van der Waals surface area contributed by atoms with Crippen LogP contribution in [0.2, 0.25) is 25.7 Å². The van der Waals surface area contributed by atoms with E-state index in [-0.39, 0.29) is 0 Å². The van der Waals surface area contributed by atoms with E-state index in [9.17, 15) is 0 Å². The zero-order valence-electron chi connectivity index (χ0n) is 6.03.